The number of nitrogens with zero attached hydrogens (tertiary/aromatic N) is 1. The van der Waals surface area contributed by atoms with Crippen LogP contribution < -0.4 is 0 Å². The van der Waals surface area contributed by atoms with Gasteiger partial charge < -0.3 is 4.90 Å². The fourth-order valence-corrected chi connectivity index (χ4v) is 1.11. The second-order valence-electron chi connectivity index (χ2n) is 4.64. The maximum Gasteiger partial charge on any atom is 0.406 e. The van der Waals surface area contributed by atoms with Crippen molar-refractivity contribution in [3.05, 3.63) is 0 Å². The summed E-state index contributed by atoms with van der Waals surface area (Å²) in [5, 5.41) is 0. The molecule has 0 aliphatic heterocycles. The van der Waals surface area contributed by atoms with Crippen molar-refractivity contribution in [1.82, 2.24) is 4.90 Å². The van der Waals surface area contributed by atoms with E-state index in [9.17, 15) is 31.1 Å². The van der Waals surface area contributed by atoms with Crippen molar-refractivity contribution in [2.24, 2.45) is 5.41 Å². The minimum atomic E-state index is -4.86. The molecular formula is C9H13F6NO. The Morgan fingerprint density at radius 2 is 1.18 bits per heavy atom. The van der Waals surface area contributed by atoms with Crippen LogP contribution in [0.5, 0.6) is 0 Å². The predicted octanol–water partition coefficient (Wildman–Crippen LogP) is 2.99. The predicted molar refractivity (Wildman–Crippen MR) is 48.1 cm³/mol. The van der Waals surface area contributed by atoms with Gasteiger partial charge in [0, 0.05) is 5.41 Å². The third-order valence-electron chi connectivity index (χ3n) is 1.67. The standard InChI is InChI=1S/C9H13F6NO/c1-7(2,3)6(17)16(4-8(10,11)12)5-9(13,14)15/h4-5H2,1-3H3. The zero-order valence-corrected chi connectivity index (χ0v) is 9.54. The van der Waals surface area contributed by atoms with E-state index in [4.69, 9.17) is 0 Å². The lowest BCUT2D eigenvalue weighted by molar-refractivity contribution is -0.191. The molecule has 0 aromatic rings. The van der Waals surface area contributed by atoms with Crippen LogP contribution in [0.1, 0.15) is 20.8 Å². The fourth-order valence-electron chi connectivity index (χ4n) is 1.11. The third kappa shape index (κ3) is 7.06. The molecule has 0 aliphatic carbocycles. The lowest BCUT2D eigenvalue weighted by atomic mass is 9.94. The molecule has 0 aliphatic rings. The van der Waals surface area contributed by atoms with Crippen molar-refractivity contribution in [3.63, 3.8) is 0 Å². The Labute approximate surface area is 94.6 Å². The van der Waals surface area contributed by atoms with Gasteiger partial charge in [0.15, 0.2) is 0 Å². The molecule has 0 unspecified atom stereocenters. The molecule has 0 aromatic heterocycles. The Kier molecular flexibility index (Phi) is 4.47. The number of carbonyl (C=O) groups is 1. The quantitative estimate of drug-likeness (QED) is 0.703. The Morgan fingerprint density at radius 1 is 0.882 bits per heavy atom. The summed E-state index contributed by atoms with van der Waals surface area (Å²) in [5.41, 5.74) is -1.30. The molecule has 0 aromatic carbocycles. The van der Waals surface area contributed by atoms with Gasteiger partial charge in [0.1, 0.15) is 13.1 Å². The van der Waals surface area contributed by atoms with Crippen molar-refractivity contribution in [2.45, 2.75) is 33.1 Å². The largest absolute Gasteiger partial charge is 0.406 e. The van der Waals surface area contributed by atoms with Gasteiger partial charge in [0.2, 0.25) is 5.91 Å². The number of rotatable bonds is 2. The van der Waals surface area contributed by atoms with E-state index in [-0.39, 0.29) is 4.90 Å². The van der Waals surface area contributed by atoms with E-state index in [2.05, 4.69) is 0 Å². The van der Waals surface area contributed by atoms with Gasteiger partial charge in [-0.1, -0.05) is 20.8 Å². The first-order valence-corrected chi connectivity index (χ1v) is 4.65. The van der Waals surface area contributed by atoms with E-state index in [1.54, 1.807) is 0 Å². The van der Waals surface area contributed by atoms with E-state index < -0.39 is 36.8 Å². The molecule has 0 spiro atoms. The second kappa shape index (κ2) is 4.73. The molecule has 17 heavy (non-hydrogen) atoms. The summed E-state index contributed by atoms with van der Waals surface area (Å²) < 4.78 is 72.4. The van der Waals surface area contributed by atoms with Crippen LogP contribution in [0.2, 0.25) is 0 Å². The zero-order valence-electron chi connectivity index (χ0n) is 9.54. The summed E-state index contributed by atoms with van der Waals surface area (Å²) in [4.78, 5) is 11.2. The molecule has 0 bridgehead atoms. The Balaban J connectivity index is 4.94. The van der Waals surface area contributed by atoms with E-state index >= 15 is 0 Å². The number of amides is 1. The van der Waals surface area contributed by atoms with Crippen LogP contribution in [0.4, 0.5) is 26.3 Å². The molecule has 102 valence electrons. The van der Waals surface area contributed by atoms with Crippen LogP contribution in [-0.2, 0) is 4.79 Å². The Hall–Kier alpha value is -0.950. The lowest BCUT2D eigenvalue weighted by Gasteiger charge is -2.30. The van der Waals surface area contributed by atoms with Crippen LogP contribution in [0.15, 0.2) is 0 Å². The fraction of sp³-hybridized carbons (Fsp3) is 0.889. The first kappa shape index (κ1) is 16.1. The molecule has 2 nitrogen and oxygen atoms in total. The van der Waals surface area contributed by atoms with Crippen molar-refractivity contribution < 1.29 is 31.1 Å². The highest BCUT2D eigenvalue weighted by molar-refractivity contribution is 5.81. The number of halogens is 6. The summed E-state index contributed by atoms with van der Waals surface area (Å²) in [6.07, 6.45) is -9.71. The van der Waals surface area contributed by atoms with Crippen LogP contribution in [0, 0.1) is 5.41 Å². The van der Waals surface area contributed by atoms with E-state index in [1.165, 1.54) is 20.8 Å². The average Bonchev–Trinajstić information content (AvgIpc) is 1.94. The van der Waals surface area contributed by atoms with Gasteiger partial charge in [-0.05, 0) is 0 Å². The highest BCUT2D eigenvalue weighted by Gasteiger charge is 2.42. The van der Waals surface area contributed by atoms with Gasteiger partial charge in [-0.25, -0.2) is 0 Å². The third-order valence-corrected chi connectivity index (χ3v) is 1.67. The van der Waals surface area contributed by atoms with Crippen LogP contribution >= 0.6 is 0 Å². The van der Waals surface area contributed by atoms with Gasteiger partial charge in [0.05, 0.1) is 0 Å². The summed E-state index contributed by atoms with van der Waals surface area (Å²) in [6.45, 7) is -0.0233. The maximum absolute atomic E-state index is 12.1. The minimum absolute atomic E-state index is 0.222. The van der Waals surface area contributed by atoms with Crippen molar-refractivity contribution >= 4 is 5.91 Å². The maximum atomic E-state index is 12.1. The highest BCUT2D eigenvalue weighted by atomic mass is 19.4. The number of carbonyl (C=O) groups excluding carboxylic acids is 1. The normalized spacial score (nSPS) is 13.7. The van der Waals surface area contributed by atoms with Gasteiger partial charge >= 0.3 is 12.4 Å². The second-order valence-corrected chi connectivity index (χ2v) is 4.64. The SMILES string of the molecule is CC(C)(C)C(=O)N(CC(F)(F)F)CC(F)(F)F. The molecule has 1 amide bonds. The van der Waals surface area contributed by atoms with E-state index in [0.717, 1.165) is 0 Å². The molecule has 0 heterocycles. The monoisotopic (exact) mass is 265 g/mol. The average molecular weight is 265 g/mol. The molecule has 0 N–H and O–H groups in total. The van der Waals surface area contributed by atoms with Crippen LogP contribution in [0.25, 0.3) is 0 Å². The topological polar surface area (TPSA) is 20.3 Å². The first-order chi connectivity index (χ1) is 7.22. The zero-order chi connectivity index (χ0) is 14.1. The molecule has 0 saturated carbocycles. The number of alkyl halides is 6. The van der Waals surface area contributed by atoms with E-state index in [1.807, 2.05) is 0 Å². The summed E-state index contributed by atoms with van der Waals surface area (Å²) in [5.74, 6) is -1.19. The smallest absolute Gasteiger partial charge is 0.324 e. The van der Waals surface area contributed by atoms with Crippen molar-refractivity contribution in [3.8, 4) is 0 Å². The Morgan fingerprint density at radius 3 is 1.35 bits per heavy atom. The van der Waals surface area contributed by atoms with Crippen molar-refractivity contribution in [1.29, 1.82) is 0 Å². The van der Waals surface area contributed by atoms with Gasteiger partial charge in [-0.15, -0.1) is 0 Å². The summed E-state index contributed by atoms with van der Waals surface area (Å²) in [6, 6.07) is 0. The van der Waals surface area contributed by atoms with Gasteiger partial charge in [-0.3, -0.25) is 4.79 Å². The van der Waals surface area contributed by atoms with Crippen molar-refractivity contribution in [2.75, 3.05) is 13.1 Å². The lowest BCUT2D eigenvalue weighted by Crippen LogP contribution is -2.48. The molecule has 8 heteroatoms. The number of hydrogen-bond donors (Lipinski definition) is 0. The molecule has 0 rings (SSSR count). The molecule has 0 fully saturated rings. The highest BCUT2D eigenvalue weighted by Crippen LogP contribution is 2.26. The molecule has 0 radical (unpaired) electrons. The molecule has 0 atom stereocenters. The minimum Gasteiger partial charge on any atom is -0.324 e. The van der Waals surface area contributed by atoms with Gasteiger partial charge in [0.25, 0.3) is 0 Å². The number of hydrogen-bond acceptors (Lipinski definition) is 1. The van der Waals surface area contributed by atoms with Gasteiger partial charge in [-0.2, -0.15) is 26.3 Å². The van der Waals surface area contributed by atoms with E-state index in [0.29, 0.717) is 0 Å². The first-order valence-electron chi connectivity index (χ1n) is 4.65. The molecule has 0 saturated heterocycles. The van der Waals surface area contributed by atoms with Crippen LogP contribution in [-0.4, -0.2) is 36.2 Å². The molecular weight excluding hydrogens is 252 g/mol. The Bertz CT molecular complexity index is 259. The van der Waals surface area contributed by atoms with Crippen LogP contribution in [0.3, 0.4) is 0 Å². The summed E-state index contributed by atoms with van der Waals surface area (Å²) >= 11 is 0. The summed E-state index contributed by atoms with van der Waals surface area (Å²) in [7, 11) is 0.